The fourth-order valence-electron chi connectivity index (χ4n) is 1.94. The van der Waals surface area contributed by atoms with E-state index in [1.54, 1.807) is 19.0 Å². The molecule has 0 spiro atoms. The van der Waals surface area contributed by atoms with Crippen molar-refractivity contribution >= 4 is 23.2 Å². The Labute approximate surface area is 126 Å². The van der Waals surface area contributed by atoms with E-state index < -0.39 is 0 Å². The molecule has 1 N–H and O–H groups in total. The van der Waals surface area contributed by atoms with Crippen LogP contribution in [0.3, 0.4) is 0 Å². The number of anilines is 1. The van der Waals surface area contributed by atoms with Crippen LogP contribution >= 0.6 is 11.6 Å². The van der Waals surface area contributed by atoms with Gasteiger partial charge in [0, 0.05) is 43.5 Å². The third-order valence-electron chi connectivity index (χ3n) is 3.19. The highest BCUT2D eigenvalue weighted by Gasteiger charge is 2.16. The number of nitrogens with zero attached hydrogens (tertiary/aromatic N) is 2. The molecule has 20 heavy (non-hydrogen) atoms. The van der Waals surface area contributed by atoms with E-state index >= 15 is 0 Å². The number of carbonyl (C=O) groups is 1. The first-order valence-corrected chi connectivity index (χ1v) is 7.32. The van der Waals surface area contributed by atoms with E-state index in [1.165, 1.54) is 0 Å². The lowest BCUT2D eigenvalue weighted by Crippen LogP contribution is -2.37. The largest absolute Gasteiger partial charge is 0.362 e. The lowest BCUT2D eigenvalue weighted by Gasteiger charge is -2.27. The molecule has 0 saturated heterocycles. The quantitative estimate of drug-likeness (QED) is 0.839. The molecule has 1 aromatic rings. The van der Waals surface area contributed by atoms with Crippen LogP contribution in [0.1, 0.15) is 19.4 Å². The molecule has 0 radical (unpaired) electrons. The average molecular weight is 298 g/mol. The van der Waals surface area contributed by atoms with Gasteiger partial charge in [-0.1, -0.05) is 24.6 Å². The number of hydrogen-bond acceptors (Lipinski definition) is 3. The minimum atomic E-state index is 0.0845. The summed E-state index contributed by atoms with van der Waals surface area (Å²) >= 11 is 6.30. The summed E-state index contributed by atoms with van der Waals surface area (Å²) in [4.78, 5) is 15.6. The molecule has 0 saturated carbocycles. The van der Waals surface area contributed by atoms with Gasteiger partial charge in [-0.2, -0.15) is 0 Å². The second-order valence-corrected chi connectivity index (χ2v) is 5.23. The molecule has 112 valence electrons. The number of amides is 1. The molecule has 0 heterocycles. The Morgan fingerprint density at radius 3 is 2.55 bits per heavy atom. The zero-order valence-corrected chi connectivity index (χ0v) is 13.5. The van der Waals surface area contributed by atoms with Gasteiger partial charge >= 0.3 is 0 Å². The first-order valence-electron chi connectivity index (χ1n) is 6.94. The third-order valence-corrected chi connectivity index (χ3v) is 3.55. The molecule has 0 aromatic heterocycles. The van der Waals surface area contributed by atoms with Gasteiger partial charge in [0.25, 0.3) is 0 Å². The van der Waals surface area contributed by atoms with Crippen LogP contribution in [0.25, 0.3) is 0 Å². The molecule has 1 rings (SSSR count). The van der Waals surface area contributed by atoms with Gasteiger partial charge in [-0.15, -0.1) is 0 Å². The second kappa shape index (κ2) is 8.12. The molecule has 1 aromatic carbocycles. The molecular formula is C15H24ClN3O. The molecule has 0 bridgehead atoms. The van der Waals surface area contributed by atoms with Crippen molar-refractivity contribution in [2.24, 2.45) is 0 Å². The Bertz CT molecular complexity index is 449. The molecule has 5 heteroatoms. The Morgan fingerprint density at radius 1 is 1.30 bits per heavy atom. The van der Waals surface area contributed by atoms with Crippen molar-refractivity contribution in [2.75, 3.05) is 38.6 Å². The van der Waals surface area contributed by atoms with Crippen LogP contribution in [0.15, 0.2) is 18.2 Å². The van der Waals surface area contributed by atoms with Crippen molar-refractivity contribution in [3.63, 3.8) is 0 Å². The van der Waals surface area contributed by atoms with Crippen LogP contribution in [0.2, 0.25) is 5.02 Å². The molecule has 0 atom stereocenters. The maximum absolute atomic E-state index is 11.9. The van der Waals surface area contributed by atoms with Gasteiger partial charge in [0.1, 0.15) is 0 Å². The topological polar surface area (TPSA) is 35.6 Å². The maximum atomic E-state index is 11.9. The fourth-order valence-corrected chi connectivity index (χ4v) is 2.18. The molecule has 1 amide bonds. The van der Waals surface area contributed by atoms with E-state index in [-0.39, 0.29) is 5.91 Å². The zero-order valence-electron chi connectivity index (χ0n) is 12.7. The predicted molar refractivity (Wildman–Crippen MR) is 85.4 cm³/mol. The van der Waals surface area contributed by atoms with Gasteiger partial charge in [-0.3, -0.25) is 4.79 Å². The van der Waals surface area contributed by atoms with Gasteiger partial charge in [-0.25, -0.2) is 0 Å². The Kier molecular flexibility index (Phi) is 6.82. The van der Waals surface area contributed by atoms with Gasteiger partial charge < -0.3 is 15.1 Å². The van der Waals surface area contributed by atoms with Crippen LogP contribution < -0.4 is 10.2 Å². The monoisotopic (exact) mass is 297 g/mol. The standard InChI is InChI=1S/C15H24ClN3O/c1-5-17-10-12-13(16)8-7-9-14(12)19(6-2)11-15(20)18(3)4/h7-9,17H,5-6,10-11H2,1-4H3. The minimum Gasteiger partial charge on any atom is -0.362 e. The van der Waals surface area contributed by atoms with E-state index in [2.05, 4.69) is 17.1 Å². The summed E-state index contributed by atoms with van der Waals surface area (Å²) in [5.74, 6) is 0.0845. The Balaban J connectivity index is 3.01. The normalized spacial score (nSPS) is 10.4. The van der Waals surface area contributed by atoms with Gasteiger partial charge in [0.2, 0.25) is 5.91 Å². The van der Waals surface area contributed by atoms with Crippen LogP contribution in [0, 0.1) is 0 Å². The first-order chi connectivity index (χ1) is 9.51. The smallest absolute Gasteiger partial charge is 0.241 e. The Hall–Kier alpha value is -1.26. The molecule has 0 aliphatic rings. The number of benzene rings is 1. The van der Waals surface area contributed by atoms with Crippen LogP contribution in [0.5, 0.6) is 0 Å². The second-order valence-electron chi connectivity index (χ2n) is 4.82. The third kappa shape index (κ3) is 4.39. The van der Waals surface area contributed by atoms with Crippen molar-refractivity contribution < 1.29 is 4.79 Å². The van der Waals surface area contributed by atoms with Gasteiger partial charge in [0.15, 0.2) is 0 Å². The van der Waals surface area contributed by atoms with Crippen LogP contribution in [-0.4, -0.2) is 44.5 Å². The van der Waals surface area contributed by atoms with Gasteiger partial charge in [-0.05, 0) is 25.6 Å². The summed E-state index contributed by atoms with van der Waals surface area (Å²) in [5, 5.41) is 4.03. The van der Waals surface area contributed by atoms with Crippen molar-refractivity contribution in [3.05, 3.63) is 28.8 Å². The number of rotatable bonds is 7. The highest BCUT2D eigenvalue weighted by atomic mass is 35.5. The van der Waals surface area contributed by atoms with E-state index in [1.807, 2.05) is 25.1 Å². The number of likely N-dealkylation sites (N-methyl/N-ethyl adjacent to an activating group) is 2. The predicted octanol–water partition coefficient (Wildman–Crippen LogP) is 2.36. The van der Waals surface area contributed by atoms with Crippen molar-refractivity contribution in [3.8, 4) is 0 Å². The van der Waals surface area contributed by atoms with Gasteiger partial charge in [0.05, 0.1) is 6.54 Å². The molecule has 0 aliphatic carbocycles. The summed E-state index contributed by atoms with van der Waals surface area (Å²) in [7, 11) is 3.54. The van der Waals surface area contributed by atoms with Crippen molar-refractivity contribution in [2.45, 2.75) is 20.4 Å². The summed E-state index contributed by atoms with van der Waals surface area (Å²) in [6.45, 7) is 6.82. The van der Waals surface area contributed by atoms with Crippen molar-refractivity contribution in [1.82, 2.24) is 10.2 Å². The van der Waals surface area contributed by atoms with Crippen LogP contribution in [-0.2, 0) is 11.3 Å². The van der Waals surface area contributed by atoms with Crippen LogP contribution in [0.4, 0.5) is 5.69 Å². The molecule has 0 aliphatic heterocycles. The number of nitrogens with one attached hydrogen (secondary N) is 1. The summed E-state index contributed by atoms with van der Waals surface area (Å²) in [6.07, 6.45) is 0. The molecule has 4 nitrogen and oxygen atoms in total. The SMILES string of the molecule is CCNCc1c(Cl)cccc1N(CC)CC(=O)N(C)C. The highest BCUT2D eigenvalue weighted by Crippen LogP contribution is 2.27. The molecule has 0 unspecified atom stereocenters. The summed E-state index contributed by atoms with van der Waals surface area (Å²) in [6, 6.07) is 5.83. The average Bonchev–Trinajstić information content (AvgIpc) is 2.43. The first kappa shape index (κ1) is 16.8. The fraction of sp³-hybridized carbons (Fsp3) is 0.533. The summed E-state index contributed by atoms with van der Waals surface area (Å²) < 4.78 is 0. The Morgan fingerprint density at radius 2 is 2.00 bits per heavy atom. The summed E-state index contributed by atoms with van der Waals surface area (Å²) in [5.41, 5.74) is 2.07. The zero-order chi connectivity index (χ0) is 15.1. The lowest BCUT2D eigenvalue weighted by molar-refractivity contribution is -0.127. The van der Waals surface area contributed by atoms with E-state index in [9.17, 15) is 4.79 Å². The van der Waals surface area contributed by atoms with E-state index in [0.717, 1.165) is 29.4 Å². The minimum absolute atomic E-state index is 0.0845. The molecule has 0 fully saturated rings. The molecular weight excluding hydrogens is 274 g/mol. The highest BCUT2D eigenvalue weighted by molar-refractivity contribution is 6.31. The number of carbonyl (C=O) groups excluding carboxylic acids is 1. The van der Waals surface area contributed by atoms with E-state index in [0.29, 0.717) is 13.1 Å². The number of halogens is 1. The maximum Gasteiger partial charge on any atom is 0.241 e. The number of hydrogen-bond donors (Lipinski definition) is 1. The lowest BCUT2D eigenvalue weighted by atomic mass is 10.1. The van der Waals surface area contributed by atoms with Crippen molar-refractivity contribution in [1.29, 1.82) is 0 Å². The van der Waals surface area contributed by atoms with E-state index in [4.69, 9.17) is 11.6 Å².